The minimum absolute atomic E-state index is 0.417. The summed E-state index contributed by atoms with van der Waals surface area (Å²) in [5.41, 5.74) is 4.14. The Morgan fingerprint density at radius 1 is 1.20 bits per heavy atom. The molecule has 128 valence electrons. The maximum Gasteiger partial charge on any atom is 0.331 e. The van der Waals surface area contributed by atoms with Crippen LogP contribution in [0.15, 0.2) is 60.3 Å². The van der Waals surface area contributed by atoms with Crippen molar-refractivity contribution >= 4 is 33.5 Å². The third-order valence-corrected chi connectivity index (χ3v) is 4.29. The van der Waals surface area contributed by atoms with Crippen LogP contribution in [0.3, 0.4) is 0 Å². The molecule has 0 aliphatic carbocycles. The molecule has 1 heterocycles. The molecule has 1 aromatic heterocycles. The number of carbonyl (C=O) groups excluding carboxylic acids is 1. The predicted molar refractivity (Wildman–Crippen MR) is 103 cm³/mol. The largest absolute Gasteiger partial charge is 0.341 e. The lowest BCUT2D eigenvalue weighted by atomic mass is 10.0. The molecule has 0 aliphatic heterocycles. The van der Waals surface area contributed by atoms with Gasteiger partial charge in [0.05, 0.1) is 5.71 Å². The number of benzene rings is 2. The summed E-state index contributed by atoms with van der Waals surface area (Å²) in [6.45, 7) is 8.18. The van der Waals surface area contributed by atoms with E-state index in [2.05, 4.69) is 59.6 Å². The van der Waals surface area contributed by atoms with E-state index in [1.165, 1.54) is 28.7 Å². The molecule has 0 saturated carbocycles. The Kier molecular flexibility index (Phi) is 4.98. The topological polar surface area (TPSA) is 43.6 Å². The highest BCUT2D eigenvalue weighted by Crippen LogP contribution is 2.30. The standard InChI is InChI=1S/C21H22N2O2/c1-4-6-10-19(22-25-15(3)24)16-12-13-21-18(14-16)17-9-7-8-11-20(17)23(21)5-2/h4,7-9,11-14H,1,5-6,10H2,2-3H3/b22-19+. The van der Waals surface area contributed by atoms with Gasteiger partial charge < -0.3 is 9.40 Å². The van der Waals surface area contributed by atoms with E-state index in [0.29, 0.717) is 6.42 Å². The van der Waals surface area contributed by atoms with E-state index < -0.39 is 5.97 Å². The molecule has 4 nitrogen and oxygen atoms in total. The van der Waals surface area contributed by atoms with Gasteiger partial charge in [-0.3, -0.25) is 0 Å². The van der Waals surface area contributed by atoms with E-state index in [1.54, 1.807) is 0 Å². The number of carbonyl (C=O) groups is 1. The van der Waals surface area contributed by atoms with E-state index in [0.717, 1.165) is 24.2 Å². The van der Waals surface area contributed by atoms with Crippen LogP contribution in [0.1, 0.15) is 32.3 Å². The van der Waals surface area contributed by atoms with Crippen molar-refractivity contribution in [2.75, 3.05) is 0 Å². The van der Waals surface area contributed by atoms with E-state index in [9.17, 15) is 4.79 Å². The van der Waals surface area contributed by atoms with E-state index >= 15 is 0 Å². The number of fused-ring (bicyclic) bond motifs is 3. The molecule has 4 heteroatoms. The third-order valence-electron chi connectivity index (χ3n) is 4.29. The van der Waals surface area contributed by atoms with Gasteiger partial charge >= 0.3 is 5.97 Å². The monoisotopic (exact) mass is 334 g/mol. The van der Waals surface area contributed by atoms with Crippen molar-refractivity contribution < 1.29 is 9.63 Å². The zero-order valence-electron chi connectivity index (χ0n) is 14.7. The average molecular weight is 334 g/mol. The summed E-state index contributed by atoms with van der Waals surface area (Å²) < 4.78 is 2.31. The lowest BCUT2D eigenvalue weighted by Gasteiger charge is -2.07. The van der Waals surface area contributed by atoms with Crippen LogP contribution in [0.2, 0.25) is 0 Å². The SMILES string of the molecule is C=CCC/C(=N\OC(C)=O)c1ccc2c(c1)c1ccccc1n2CC. The smallest absolute Gasteiger partial charge is 0.331 e. The molecular formula is C21H22N2O2. The number of aromatic nitrogens is 1. The molecule has 3 rings (SSSR count). The summed E-state index contributed by atoms with van der Waals surface area (Å²) in [6.07, 6.45) is 3.29. The Morgan fingerprint density at radius 3 is 2.68 bits per heavy atom. The lowest BCUT2D eigenvalue weighted by molar-refractivity contribution is -0.140. The van der Waals surface area contributed by atoms with Crippen molar-refractivity contribution in [3.8, 4) is 0 Å². The predicted octanol–water partition coefficient (Wildman–Crippen LogP) is 5.05. The van der Waals surface area contributed by atoms with Crippen molar-refractivity contribution in [2.45, 2.75) is 33.2 Å². The van der Waals surface area contributed by atoms with Crippen LogP contribution in [-0.2, 0) is 16.2 Å². The number of hydrogen-bond acceptors (Lipinski definition) is 3. The number of para-hydroxylation sites is 1. The first-order valence-corrected chi connectivity index (χ1v) is 8.52. The number of nitrogens with zero attached hydrogens (tertiary/aromatic N) is 2. The molecule has 0 saturated heterocycles. The molecule has 0 N–H and O–H groups in total. The molecule has 0 spiro atoms. The fourth-order valence-electron chi connectivity index (χ4n) is 3.17. The van der Waals surface area contributed by atoms with Crippen LogP contribution in [0.25, 0.3) is 21.8 Å². The average Bonchev–Trinajstić information content (AvgIpc) is 2.94. The van der Waals surface area contributed by atoms with Gasteiger partial charge in [0.25, 0.3) is 0 Å². The maximum absolute atomic E-state index is 11.1. The van der Waals surface area contributed by atoms with Gasteiger partial charge in [-0.1, -0.05) is 35.5 Å². The number of allylic oxidation sites excluding steroid dienone is 1. The lowest BCUT2D eigenvalue weighted by Crippen LogP contribution is -2.04. The van der Waals surface area contributed by atoms with Gasteiger partial charge in [-0.05, 0) is 38.0 Å². The molecule has 0 radical (unpaired) electrons. The first-order chi connectivity index (χ1) is 12.2. The van der Waals surface area contributed by atoms with Crippen molar-refractivity contribution in [1.82, 2.24) is 4.57 Å². The second-order valence-corrected chi connectivity index (χ2v) is 5.94. The van der Waals surface area contributed by atoms with Crippen LogP contribution in [0, 0.1) is 0 Å². The quantitative estimate of drug-likeness (QED) is 0.274. The summed E-state index contributed by atoms with van der Waals surface area (Å²) in [5.74, 6) is -0.417. The normalized spacial score (nSPS) is 11.8. The molecule has 0 fully saturated rings. The summed E-state index contributed by atoms with van der Waals surface area (Å²) in [5, 5.41) is 6.46. The summed E-state index contributed by atoms with van der Waals surface area (Å²) in [6, 6.07) is 14.7. The molecule has 0 atom stereocenters. The highest BCUT2D eigenvalue weighted by Gasteiger charge is 2.12. The van der Waals surface area contributed by atoms with Gasteiger partial charge in [-0.15, -0.1) is 6.58 Å². The van der Waals surface area contributed by atoms with Crippen LogP contribution < -0.4 is 0 Å². The first-order valence-electron chi connectivity index (χ1n) is 8.52. The van der Waals surface area contributed by atoms with Gasteiger partial charge in [-0.2, -0.15) is 0 Å². The van der Waals surface area contributed by atoms with Crippen molar-refractivity contribution in [3.63, 3.8) is 0 Å². The Hall–Kier alpha value is -2.88. The van der Waals surface area contributed by atoms with Crippen LogP contribution in [-0.4, -0.2) is 16.2 Å². The van der Waals surface area contributed by atoms with Crippen LogP contribution in [0.5, 0.6) is 0 Å². The molecule has 0 aliphatic rings. The van der Waals surface area contributed by atoms with Crippen LogP contribution in [0.4, 0.5) is 0 Å². The maximum atomic E-state index is 11.1. The van der Waals surface area contributed by atoms with Crippen molar-refractivity contribution in [1.29, 1.82) is 0 Å². The van der Waals surface area contributed by atoms with E-state index in [4.69, 9.17) is 4.84 Å². The molecule has 25 heavy (non-hydrogen) atoms. The minimum Gasteiger partial charge on any atom is -0.341 e. The molecule has 3 aromatic rings. The number of rotatable bonds is 6. The minimum atomic E-state index is -0.417. The molecular weight excluding hydrogens is 312 g/mol. The van der Waals surface area contributed by atoms with Crippen molar-refractivity contribution in [3.05, 3.63) is 60.7 Å². The third kappa shape index (κ3) is 3.33. The Balaban J connectivity index is 2.15. The summed E-state index contributed by atoms with van der Waals surface area (Å²) >= 11 is 0. The number of oxime groups is 1. The Labute approximate surface area is 147 Å². The molecule has 0 unspecified atom stereocenters. The number of aryl methyl sites for hydroxylation is 1. The molecule has 0 bridgehead atoms. The van der Waals surface area contributed by atoms with Gasteiger partial charge in [0, 0.05) is 40.8 Å². The second kappa shape index (κ2) is 7.34. The fourth-order valence-corrected chi connectivity index (χ4v) is 3.17. The second-order valence-electron chi connectivity index (χ2n) is 5.94. The zero-order valence-corrected chi connectivity index (χ0v) is 14.7. The van der Waals surface area contributed by atoms with Gasteiger partial charge in [-0.25, -0.2) is 4.79 Å². The summed E-state index contributed by atoms with van der Waals surface area (Å²) in [7, 11) is 0. The Bertz CT molecular complexity index is 967. The highest BCUT2D eigenvalue weighted by atomic mass is 16.7. The van der Waals surface area contributed by atoms with Gasteiger partial charge in [0.2, 0.25) is 0 Å². The van der Waals surface area contributed by atoms with E-state index in [-0.39, 0.29) is 0 Å². The van der Waals surface area contributed by atoms with Crippen LogP contribution >= 0.6 is 0 Å². The first kappa shape index (κ1) is 17.0. The van der Waals surface area contributed by atoms with Crippen molar-refractivity contribution in [2.24, 2.45) is 5.16 Å². The highest BCUT2D eigenvalue weighted by molar-refractivity contribution is 6.11. The fraction of sp³-hybridized carbons (Fsp3) is 0.238. The number of hydrogen-bond donors (Lipinski definition) is 0. The summed E-state index contributed by atoms with van der Waals surface area (Å²) in [4.78, 5) is 16.0. The Morgan fingerprint density at radius 2 is 1.96 bits per heavy atom. The molecule has 0 amide bonds. The van der Waals surface area contributed by atoms with Gasteiger partial charge in [0.15, 0.2) is 0 Å². The van der Waals surface area contributed by atoms with Gasteiger partial charge in [0.1, 0.15) is 0 Å². The molecule has 2 aromatic carbocycles. The zero-order chi connectivity index (χ0) is 17.8. The van der Waals surface area contributed by atoms with E-state index in [1.807, 2.05) is 12.1 Å².